The van der Waals surface area contributed by atoms with Gasteiger partial charge in [-0.25, -0.2) is 0 Å². The number of hydrogen-bond donors (Lipinski definition) is 8. The fourth-order valence-electron chi connectivity index (χ4n) is 6.36. The molecular weight excluding hydrogens is 704 g/mol. The summed E-state index contributed by atoms with van der Waals surface area (Å²) < 4.78 is 33.4. The van der Waals surface area contributed by atoms with Crippen LogP contribution in [0, 0.1) is 0 Å². The van der Waals surface area contributed by atoms with Crippen LogP contribution in [0.5, 0.6) is 0 Å². The molecule has 0 radical (unpaired) electrons. The molecule has 0 aromatic carbocycles. The zero-order valence-corrected chi connectivity index (χ0v) is 31.1. The quantitative estimate of drug-likeness (QED) is 0.0424. The molecule has 310 valence electrons. The van der Waals surface area contributed by atoms with Gasteiger partial charge in [-0.15, -0.1) is 0 Å². The number of ether oxygens (including phenoxy) is 6. The number of carbonyl (C=O) groups excluding carboxylic acids is 2. The number of unbranched alkanes of at least 4 members (excludes halogenated alkanes) is 10. The molecule has 17 heteroatoms. The van der Waals surface area contributed by atoms with E-state index in [0.29, 0.717) is 19.3 Å². The summed E-state index contributed by atoms with van der Waals surface area (Å²) in [6.45, 7) is 1.46. The van der Waals surface area contributed by atoms with Crippen LogP contribution in [0.1, 0.15) is 117 Å². The Morgan fingerprint density at radius 1 is 0.698 bits per heavy atom. The number of carboxylic acid groups (broad SMARTS) is 1. The lowest BCUT2D eigenvalue weighted by molar-refractivity contribution is -0.361. The average Bonchev–Trinajstić information content (AvgIpc) is 3.10. The minimum absolute atomic E-state index is 0.231. The van der Waals surface area contributed by atoms with Crippen molar-refractivity contribution in [3.05, 3.63) is 0 Å². The summed E-state index contributed by atoms with van der Waals surface area (Å²) in [5.41, 5.74) is 0. The normalized spacial score (nSPS) is 30.1. The Balaban J connectivity index is 1.90. The molecule has 2 heterocycles. The summed E-state index contributed by atoms with van der Waals surface area (Å²) in [6.07, 6.45) is -6.04. The summed E-state index contributed by atoms with van der Waals surface area (Å²) in [6, 6.07) is 0. The molecule has 0 unspecified atom stereocenters. The largest absolute Gasteiger partial charge is 0.481 e. The summed E-state index contributed by atoms with van der Waals surface area (Å²) in [5.74, 6) is -2.39. The molecule has 8 N–H and O–H groups in total. The molecule has 2 saturated heterocycles. The van der Waals surface area contributed by atoms with Crippen molar-refractivity contribution in [3.63, 3.8) is 0 Å². The van der Waals surface area contributed by atoms with Gasteiger partial charge in [-0.2, -0.15) is 0 Å². The Morgan fingerprint density at radius 2 is 1.26 bits per heavy atom. The lowest BCUT2D eigenvalue weighted by Gasteiger charge is -2.46. The molecule has 17 nitrogen and oxygen atoms in total. The number of carbonyl (C=O) groups is 3. The highest BCUT2D eigenvalue weighted by atomic mass is 16.8. The van der Waals surface area contributed by atoms with Crippen LogP contribution in [0.2, 0.25) is 0 Å². The van der Waals surface area contributed by atoms with Crippen LogP contribution in [0.15, 0.2) is 0 Å². The van der Waals surface area contributed by atoms with Crippen LogP contribution in [-0.4, -0.2) is 152 Å². The van der Waals surface area contributed by atoms with E-state index >= 15 is 0 Å². The van der Waals surface area contributed by atoms with Gasteiger partial charge in [0, 0.05) is 13.3 Å². The molecule has 0 aliphatic carbocycles. The third-order valence-electron chi connectivity index (χ3n) is 9.38. The van der Waals surface area contributed by atoms with Gasteiger partial charge >= 0.3 is 17.9 Å². The van der Waals surface area contributed by atoms with Crippen molar-refractivity contribution >= 4 is 17.9 Å². The second-order valence-corrected chi connectivity index (χ2v) is 14.0. The van der Waals surface area contributed by atoms with E-state index in [4.69, 9.17) is 33.5 Å². The minimum atomic E-state index is -1.83. The Hall–Kier alpha value is -2.03. The number of carboxylic acids is 1. The summed E-state index contributed by atoms with van der Waals surface area (Å²) in [5, 5.41) is 82.3. The van der Waals surface area contributed by atoms with Crippen LogP contribution in [0.3, 0.4) is 0 Å². The number of aliphatic hydroxyl groups excluding tert-OH is 7. The number of hydrogen-bond acceptors (Lipinski definition) is 16. The fraction of sp³-hybridized carbons (Fsp3) is 0.917. The van der Waals surface area contributed by atoms with E-state index in [1.165, 1.54) is 0 Å². The highest BCUT2D eigenvalue weighted by molar-refractivity contribution is 5.70. The molecule has 2 fully saturated rings. The molecule has 53 heavy (non-hydrogen) atoms. The van der Waals surface area contributed by atoms with Gasteiger partial charge in [-0.1, -0.05) is 77.6 Å². The van der Waals surface area contributed by atoms with Crippen molar-refractivity contribution in [3.8, 4) is 0 Å². The topological polar surface area (TPSA) is 268 Å². The molecule has 0 saturated carbocycles. The molecule has 12 atom stereocenters. The predicted molar refractivity (Wildman–Crippen MR) is 185 cm³/mol. The molecule has 0 amide bonds. The number of rotatable bonds is 27. The highest BCUT2D eigenvalue weighted by Crippen LogP contribution is 2.31. The van der Waals surface area contributed by atoms with Gasteiger partial charge in [0.15, 0.2) is 18.7 Å². The third kappa shape index (κ3) is 17.5. The highest BCUT2D eigenvalue weighted by Gasteiger charge is 2.52. The number of esters is 2. The van der Waals surface area contributed by atoms with Crippen LogP contribution in [0.4, 0.5) is 0 Å². The van der Waals surface area contributed by atoms with Crippen molar-refractivity contribution in [2.45, 2.75) is 190 Å². The first-order valence-electron chi connectivity index (χ1n) is 19.1. The maximum atomic E-state index is 12.6. The first-order valence-corrected chi connectivity index (χ1v) is 19.1. The Bertz CT molecular complexity index is 1030. The van der Waals surface area contributed by atoms with Crippen LogP contribution in [-0.2, 0) is 42.8 Å². The molecule has 2 aliphatic heterocycles. The molecule has 2 rings (SSSR count). The maximum Gasteiger partial charge on any atom is 0.308 e. The Morgan fingerprint density at radius 3 is 1.83 bits per heavy atom. The van der Waals surface area contributed by atoms with Gasteiger partial charge in [0.05, 0.1) is 31.8 Å². The smallest absolute Gasteiger partial charge is 0.308 e. The van der Waals surface area contributed by atoms with E-state index < -0.39 is 111 Å². The maximum absolute atomic E-state index is 12.6. The van der Waals surface area contributed by atoms with E-state index in [-0.39, 0.29) is 13.0 Å². The monoisotopic (exact) mass is 768 g/mol. The van der Waals surface area contributed by atoms with Crippen molar-refractivity contribution < 1.29 is 83.7 Å². The summed E-state index contributed by atoms with van der Waals surface area (Å²) >= 11 is 0. The van der Waals surface area contributed by atoms with Crippen molar-refractivity contribution in [2.75, 3.05) is 19.8 Å². The number of aliphatic carboxylic acids is 1. The summed E-state index contributed by atoms with van der Waals surface area (Å²) in [4.78, 5) is 34.8. The zero-order valence-electron chi connectivity index (χ0n) is 31.1. The first-order chi connectivity index (χ1) is 25.3. The van der Waals surface area contributed by atoms with Gasteiger partial charge in [-0.3, -0.25) is 14.4 Å². The Kier molecular flexibility index (Phi) is 23.1. The van der Waals surface area contributed by atoms with E-state index in [0.717, 1.165) is 77.6 Å². The Labute approximate surface area is 311 Å². The fourth-order valence-corrected chi connectivity index (χ4v) is 6.36. The van der Waals surface area contributed by atoms with Crippen molar-refractivity contribution in [1.29, 1.82) is 0 Å². The van der Waals surface area contributed by atoms with Crippen LogP contribution < -0.4 is 0 Å². The van der Waals surface area contributed by atoms with E-state index in [9.17, 15) is 50.1 Å². The molecule has 0 aromatic heterocycles. The first kappa shape index (κ1) is 47.1. The minimum Gasteiger partial charge on any atom is -0.481 e. The number of aliphatic hydroxyl groups is 7. The predicted octanol–water partition coefficient (Wildman–Crippen LogP) is 0.817. The van der Waals surface area contributed by atoms with Gasteiger partial charge in [0.1, 0.15) is 49.3 Å². The van der Waals surface area contributed by atoms with E-state index in [1.807, 2.05) is 6.92 Å². The molecule has 0 spiro atoms. The van der Waals surface area contributed by atoms with Gasteiger partial charge in [0.2, 0.25) is 0 Å². The van der Waals surface area contributed by atoms with Gasteiger partial charge < -0.3 is 69.3 Å². The van der Waals surface area contributed by atoms with Crippen molar-refractivity contribution in [1.82, 2.24) is 0 Å². The van der Waals surface area contributed by atoms with Crippen LogP contribution in [0.25, 0.3) is 0 Å². The molecule has 0 aromatic rings. The van der Waals surface area contributed by atoms with Crippen molar-refractivity contribution in [2.24, 2.45) is 0 Å². The van der Waals surface area contributed by atoms with E-state index in [1.54, 1.807) is 0 Å². The SMILES string of the molecule is CCC[C@@H](O)CC(=O)O[C@H]1[C@H](O[C@H]2[C@H](O)[C@@H](O)[C@H](OC[C@H](O)CCCCCCCCCCCCCC(=O)O)O[C@@H]2COC(C)=O)O[C@H](CO)[C@@H](O)[C@@H]1O. The second-order valence-electron chi connectivity index (χ2n) is 14.0. The zero-order chi connectivity index (χ0) is 39.3. The lowest BCUT2D eigenvalue weighted by atomic mass is 9.96. The third-order valence-corrected chi connectivity index (χ3v) is 9.38. The molecular formula is C36H64O17. The van der Waals surface area contributed by atoms with Crippen LogP contribution >= 0.6 is 0 Å². The summed E-state index contributed by atoms with van der Waals surface area (Å²) in [7, 11) is 0. The second kappa shape index (κ2) is 25.9. The van der Waals surface area contributed by atoms with E-state index in [2.05, 4.69) is 0 Å². The average molecular weight is 769 g/mol. The van der Waals surface area contributed by atoms with Gasteiger partial charge in [-0.05, 0) is 19.3 Å². The molecule has 0 bridgehead atoms. The molecule has 2 aliphatic rings. The lowest BCUT2D eigenvalue weighted by Crippen LogP contribution is -2.65. The standard InChI is InChI=1S/C36H64O17/c1-3-15-23(39)18-28(43)52-34-30(45)29(44)25(19-37)50-36(34)53-33-26(21-48-22(2)38)51-35(32(47)31(33)46)49-20-24(40)16-13-11-9-7-5-4-6-8-10-12-14-17-27(41)42/h23-26,29-37,39-40,44-47H,3-21H2,1-2H3,(H,41,42)/t23-,24-,25-,26-,29-,30+,31-,32-,33-,34-,35-,36+/m1/s1. The van der Waals surface area contributed by atoms with Gasteiger partial charge in [0.25, 0.3) is 0 Å².